The van der Waals surface area contributed by atoms with E-state index in [1.807, 2.05) is 18.2 Å². The van der Waals surface area contributed by atoms with Gasteiger partial charge >= 0.3 is 0 Å². The Bertz CT molecular complexity index is 2320. The van der Waals surface area contributed by atoms with Crippen LogP contribution in [0.1, 0.15) is 62.9 Å². The predicted molar refractivity (Wildman–Crippen MR) is 251 cm³/mol. The molecule has 26 nitrogen and oxygen atoms in total. The van der Waals surface area contributed by atoms with E-state index in [9.17, 15) is 43.8 Å². The van der Waals surface area contributed by atoms with Crippen molar-refractivity contribution in [3.8, 4) is 0 Å². The van der Waals surface area contributed by atoms with Crippen molar-refractivity contribution in [1.29, 1.82) is 5.41 Å². The van der Waals surface area contributed by atoms with Crippen molar-refractivity contribution in [3.05, 3.63) is 72.5 Å². The number of H-pyrrole nitrogens is 3. The molecule has 0 aliphatic carbocycles. The summed E-state index contributed by atoms with van der Waals surface area (Å²) in [5.74, 6) is -6.40. The molecule has 0 aliphatic heterocycles. The number of aliphatic hydroxyl groups excluding tert-OH is 2. The molecule has 3 aromatic heterocycles. The Morgan fingerprint density at radius 1 is 0.652 bits per heavy atom. The van der Waals surface area contributed by atoms with Crippen LogP contribution in [0, 0.1) is 5.41 Å². The summed E-state index contributed by atoms with van der Waals surface area (Å²) in [6.45, 7) is 2.93. The maximum Gasteiger partial charge on any atom is 0.243 e. The summed E-state index contributed by atoms with van der Waals surface area (Å²) in [7, 11) is 0. The topological polar surface area (TPSA) is 445 Å². The molecule has 0 bridgehead atoms. The molecule has 7 amide bonds. The number of guanidine groups is 1. The minimum Gasteiger partial charge on any atom is -0.391 e. The first kappa shape index (κ1) is 54.2. The van der Waals surface area contributed by atoms with Gasteiger partial charge in [0.1, 0.15) is 42.3 Å². The number of fused-ring (bicyclic) bond motifs is 1. The van der Waals surface area contributed by atoms with Gasteiger partial charge in [-0.2, -0.15) is 0 Å². The normalized spacial score (nSPS) is 15.2. The highest BCUT2D eigenvalue weighted by atomic mass is 16.3. The number of benzene rings is 1. The molecular weight excluding hydrogens is 899 g/mol. The summed E-state index contributed by atoms with van der Waals surface area (Å²) in [6, 6.07) is -2.50. The third-order valence-electron chi connectivity index (χ3n) is 11.0. The Kier molecular flexibility index (Phi) is 21.0. The number of rotatable bonds is 29. The van der Waals surface area contributed by atoms with Crippen LogP contribution >= 0.6 is 0 Å². The van der Waals surface area contributed by atoms with Crippen molar-refractivity contribution < 1.29 is 43.8 Å². The number of nitrogens with zero attached hydrogens (tertiary/aromatic N) is 2. The summed E-state index contributed by atoms with van der Waals surface area (Å²) in [6.07, 6.45) is 5.19. The molecule has 0 saturated carbocycles. The molecule has 4 aromatic rings. The number of aromatic nitrogens is 5. The van der Waals surface area contributed by atoms with Gasteiger partial charge in [0.05, 0.1) is 36.3 Å². The fraction of sp³-hybridized carbons (Fsp3) is 0.488. The van der Waals surface area contributed by atoms with Crippen molar-refractivity contribution >= 4 is 58.2 Å². The second kappa shape index (κ2) is 26.8. The largest absolute Gasteiger partial charge is 0.391 e. The molecule has 0 saturated heterocycles. The van der Waals surface area contributed by atoms with Crippen molar-refractivity contribution in [3.63, 3.8) is 0 Å². The minimum atomic E-state index is -1.50. The lowest BCUT2D eigenvalue weighted by molar-refractivity contribution is -0.136. The molecule has 4 rings (SSSR count). The molecule has 3 heterocycles. The van der Waals surface area contributed by atoms with E-state index in [1.165, 1.54) is 38.9 Å². The van der Waals surface area contributed by atoms with Crippen molar-refractivity contribution in [2.24, 2.45) is 22.9 Å². The van der Waals surface area contributed by atoms with E-state index in [4.69, 9.17) is 28.3 Å². The van der Waals surface area contributed by atoms with Crippen LogP contribution in [-0.4, -0.2) is 150 Å². The van der Waals surface area contributed by atoms with E-state index in [0.717, 1.165) is 10.9 Å². The first-order valence-corrected chi connectivity index (χ1v) is 22.4. The highest BCUT2D eigenvalue weighted by Gasteiger charge is 2.35. The molecule has 9 atom stereocenters. The smallest absolute Gasteiger partial charge is 0.243 e. The number of aliphatic hydroxyl groups is 2. The van der Waals surface area contributed by atoms with Crippen LogP contribution < -0.4 is 60.2 Å². The van der Waals surface area contributed by atoms with Crippen LogP contribution in [0.5, 0.6) is 0 Å². The van der Waals surface area contributed by atoms with Crippen molar-refractivity contribution in [1.82, 2.24) is 62.1 Å². The van der Waals surface area contributed by atoms with Gasteiger partial charge in [0, 0.05) is 55.3 Å². The van der Waals surface area contributed by atoms with E-state index < -0.39 is 95.9 Å². The Balaban J connectivity index is 1.63. The fourth-order valence-electron chi connectivity index (χ4n) is 7.19. The second-order valence-electron chi connectivity index (χ2n) is 16.6. The van der Waals surface area contributed by atoms with E-state index in [1.54, 1.807) is 12.3 Å². The molecule has 0 aliphatic rings. The summed E-state index contributed by atoms with van der Waals surface area (Å²) in [4.78, 5) is 113. The van der Waals surface area contributed by atoms with Gasteiger partial charge in [0.15, 0.2) is 5.96 Å². The van der Waals surface area contributed by atoms with Gasteiger partial charge in [-0.05, 0) is 64.1 Å². The molecule has 1 aromatic carbocycles. The van der Waals surface area contributed by atoms with E-state index in [0.29, 0.717) is 29.8 Å². The third kappa shape index (κ3) is 17.0. The van der Waals surface area contributed by atoms with Gasteiger partial charge in [-0.3, -0.25) is 39.0 Å². The lowest BCUT2D eigenvalue weighted by Crippen LogP contribution is -2.61. The molecule has 0 radical (unpaired) electrons. The Morgan fingerprint density at radius 2 is 1.14 bits per heavy atom. The number of unbranched alkanes of at least 4 members (excludes halogenated alkanes) is 1. The minimum absolute atomic E-state index is 0.0278. The van der Waals surface area contributed by atoms with Gasteiger partial charge in [0.2, 0.25) is 41.4 Å². The number of para-hydroxylation sites is 1. The van der Waals surface area contributed by atoms with Crippen LogP contribution in [0.15, 0.2) is 55.5 Å². The van der Waals surface area contributed by atoms with Crippen LogP contribution in [0.2, 0.25) is 0 Å². The first-order chi connectivity index (χ1) is 32.9. The zero-order chi connectivity index (χ0) is 50.6. The average molecular weight is 964 g/mol. The van der Waals surface area contributed by atoms with Crippen molar-refractivity contribution in [2.45, 2.75) is 120 Å². The van der Waals surface area contributed by atoms with Crippen LogP contribution in [0.25, 0.3) is 10.9 Å². The lowest BCUT2D eigenvalue weighted by atomic mass is 10.0. The molecule has 69 heavy (non-hydrogen) atoms. The zero-order valence-electron chi connectivity index (χ0n) is 38.4. The highest BCUT2D eigenvalue weighted by Crippen LogP contribution is 2.20. The predicted octanol–water partition coefficient (Wildman–Crippen LogP) is -4.48. The number of aromatic amines is 3. The molecule has 21 N–H and O–H groups in total. The number of nitrogens with one attached hydrogen (secondary N) is 11. The van der Waals surface area contributed by atoms with Gasteiger partial charge in [0.25, 0.3) is 0 Å². The van der Waals surface area contributed by atoms with Crippen LogP contribution in [0.4, 0.5) is 0 Å². The molecule has 0 fully saturated rings. The summed E-state index contributed by atoms with van der Waals surface area (Å²) < 4.78 is 0. The number of carbonyl (C=O) groups excluding carboxylic acids is 7. The number of primary amides is 1. The van der Waals surface area contributed by atoms with E-state index in [-0.39, 0.29) is 57.6 Å². The SMILES string of the molecule is C[C@@H](O)[C@H](N)C(=O)N[C@@H](Cc1c[nH]cn1)C(=O)N[C@@H](Cc1c[nH]cn1)C(=O)N[C@@H](CCCNC(=N)N)C(=O)N[C@@H](CCCCN)C(=O)N[C@@H](Cc1c[nH]c2ccccc12)C(=O)N[C@H](C(N)=O)[C@@H](C)O. The van der Waals surface area contributed by atoms with E-state index >= 15 is 0 Å². The van der Waals surface area contributed by atoms with E-state index in [2.05, 4.69) is 62.1 Å². The number of imidazole rings is 2. The molecular formula is C43H65N17O9. The van der Waals surface area contributed by atoms with Crippen LogP contribution in [0.3, 0.4) is 0 Å². The first-order valence-electron chi connectivity index (χ1n) is 22.4. The number of hydrogen-bond donors (Lipinski definition) is 17. The van der Waals surface area contributed by atoms with Gasteiger partial charge in [-0.25, -0.2) is 9.97 Å². The number of amides is 7. The standard InChI is InChI=1S/C43H65N17O9/c1-22(61)34(45)42(69)59-33(16-26-19-50-21-54-26)40(67)58-32(15-25-18-49-20-53-25)39(66)56-30(11-7-13-51-43(47)48)37(64)55-29(10-5-6-12-44)38(65)57-31(41(68)60-35(23(2)62)36(46)63)14-24-17-52-28-9-4-3-8-27(24)28/h3-4,8-9,17-23,29-35,52,61-62H,5-7,10-16,44-45H2,1-2H3,(H2,46,63)(H,49,53)(H,50,54)(H,55,64)(H,56,66)(H,57,65)(H,58,67)(H,59,69)(H,60,68)(H4,47,48,51)/t22-,23-,29+,30+,31+,32+,33+,34+,35+/m1/s1. The fourth-order valence-corrected chi connectivity index (χ4v) is 7.19. The van der Waals surface area contributed by atoms with Crippen LogP contribution in [-0.2, 0) is 52.8 Å². The lowest BCUT2D eigenvalue weighted by Gasteiger charge is -2.28. The van der Waals surface area contributed by atoms with Crippen molar-refractivity contribution in [2.75, 3.05) is 13.1 Å². The number of hydrogen-bond acceptors (Lipinski definition) is 14. The number of nitrogens with two attached hydrogens (primary N) is 4. The average Bonchev–Trinajstić information content (AvgIpc) is 4.11. The quantitative estimate of drug-likeness (QED) is 0.0139. The Hall–Kier alpha value is -7.42. The Labute approximate surface area is 396 Å². The maximum atomic E-state index is 14.4. The molecule has 376 valence electrons. The molecule has 0 unspecified atom stereocenters. The molecule has 0 spiro atoms. The summed E-state index contributed by atoms with van der Waals surface area (Å²) in [5.41, 5.74) is 24.7. The highest BCUT2D eigenvalue weighted by molar-refractivity contribution is 5.98. The molecule has 26 heteroatoms. The maximum absolute atomic E-state index is 14.4. The van der Waals surface area contributed by atoms with Gasteiger partial charge < -0.3 is 85.3 Å². The third-order valence-corrected chi connectivity index (χ3v) is 11.0. The zero-order valence-corrected chi connectivity index (χ0v) is 38.4. The summed E-state index contributed by atoms with van der Waals surface area (Å²) in [5, 5.41) is 46.8. The Morgan fingerprint density at radius 3 is 1.64 bits per heavy atom. The number of carbonyl (C=O) groups is 7. The summed E-state index contributed by atoms with van der Waals surface area (Å²) >= 11 is 0. The van der Waals surface area contributed by atoms with Gasteiger partial charge in [-0.15, -0.1) is 0 Å². The second-order valence-corrected chi connectivity index (χ2v) is 16.6. The monoisotopic (exact) mass is 964 g/mol. The van der Waals surface area contributed by atoms with Gasteiger partial charge in [-0.1, -0.05) is 18.2 Å².